The minimum absolute atomic E-state index is 0.0422. The molecule has 0 spiro atoms. The quantitative estimate of drug-likeness (QED) is 0.669. The Morgan fingerprint density at radius 3 is 2.60 bits per heavy atom. The molecule has 2 aliphatic rings. The van der Waals surface area contributed by atoms with E-state index in [-0.39, 0.29) is 11.4 Å². The van der Waals surface area contributed by atoms with E-state index in [9.17, 15) is 4.79 Å². The van der Waals surface area contributed by atoms with Crippen molar-refractivity contribution in [2.24, 2.45) is 17.3 Å². The molecule has 0 aromatic carbocycles. The molecule has 0 aromatic rings. The molecule has 2 nitrogen and oxygen atoms in total. The number of carbonyl (C=O) groups excluding carboxylic acids is 1. The molecule has 0 amide bonds. The van der Waals surface area contributed by atoms with Gasteiger partial charge in [-0.1, -0.05) is 32.1 Å². The van der Waals surface area contributed by atoms with Gasteiger partial charge in [-0.05, 0) is 32.1 Å². The van der Waals surface area contributed by atoms with Gasteiger partial charge in [0, 0.05) is 0 Å². The number of hydrogen-bond acceptors (Lipinski definition) is 2. The molecule has 0 aliphatic heterocycles. The molecular weight excluding hydrogens is 188 g/mol. The average molecular weight is 210 g/mol. The molecule has 2 unspecified atom stereocenters. The second-order valence-corrected chi connectivity index (χ2v) is 5.35. The lowest BCUT2D eigenvalue weighted by atomic mass is 9.83. The first-order chi connectivity index (χ1) is 7.18. The lowest BCUT2D eigenvalue weighted by Crippen LogP contribution is -2.21. The van der Waals surface area contributed by atoms with E-state index >= 15 is 0 Å². The fourth-order valence-electron chi connectivity index (χ4n) is 3.15. The molecule has 0 bridgehead atoms. The third-order valence-electron chi connectivity index (χ3n) is 4.26. The van der Waals surface area contributed by atoms with E-state index in [0.29, 0.717) is 12.5 Å². The number of ether oxygens (including phenoxy) is 1. The zero-order valence-corrected chi connectivity index (χ0v) is 9.92. The molecule has 2 atom stereocenters. The van der Waals surface area contributed by atoms with E-state index in [4.69, 9.17) is 4.74 Å². The molecule has 2 aliphatic carbocycles. The molecule has 0 radical (unpaired) electrons. The molecule has 2 fully saturated rings. The van der Waals surface area contributed by atoms with Gasteiger partial charge < -0.3 is 4.74 Å². The summed E-state index contributed by atoms with van der Waals surface area (Å²) in [6.07, 6.45) is 7.84. The van der Waals surface area contributed by atoms with Gasteiger partial charge in [0.25, 0.3) is 0 Å². The summed E-state index contributed by atoms with van der Waals surface area (Å²) >= 11 is 0. The van der Waals surface area contributed by atoms with Crippen LogP contribution >= 0.6 is 0 Å². The predicted molar refractivity (Wildman–Crippen MR) is 59.4 cm³/mol. The van der Waals surface area contributed by atoms with Crippen LogP contribution in [0.15, 0.2) is 0 Å². The normalized spacial score (nSPS) is 36.3. The van der Waals surface area contributed by atoms with Crippen molar-refractivity contribution < 1.29 is 9.53 Å². The molecule has 2 heteroatoms. The SMILES string of the molecule is CCOC(=O)C1(C)CC1C1CCCCC1. The topological polar surface area (TPSA) is 26.3 Å². The lowest BCUT2D eigenvalue weighted by Gasteiger charge is -2.23. The predicted octanol–water partition coefficient (Wildman–Crippen LogP) is 3.16. The van der Waals surface area contributed by atoms with E-state index in [0.717, 1.165) is 12.3 Å². The van der Waals surface area contributed by atoms with E-state index in [1.165, 1.54) is 32.1 Å². The summed E-state index contributed by atoms with van der Waals surface area (Å²) < 4.78 is 5.15. The van der Waals surface area contributed by atoms with Crippen molar-refractivity contribution in [2.45, 2.75) is 52.4 Å². The van der Waals surface area contributed by atoms with E-state index in [1.54, 1.807) is 0 Å². The third-order valence-corrected chi connectivity index (χ3v) is 4.26. The second kappa shape index (κ2) is 4.15. The highest BCUT2D eigenvalue weighted by atomic mass is 16.5. The maximum absolute atomic E-state index is 11.8. The van der Waals surface area contributed by atoms with Gasteiger partial charge in [-0.2, -0.15) is 0 Å². The van der Waals surface area contributed by atoms with E-state index in [2.05, 4.69) is 6.92 Å². The standard InChI is InChI=1S/C13H22O2/c1-3-15-12(14)13(2)9-11(13)10-7-5-4-6-8-10/h10-11H,3-9H2,1-2H3. The third kappa shape index (κ3) is 2.04. The van der Waals surface area contributed by atoms with Crippen molar-refractivity contribution >= 4 is 5.97 Å². The molecule has 0 N–H and O–H groups in total. The first kappa shape index (κ1) is 11.0. The maximum atomic E-state index is 11.8. The van der Waals surface area contributed by atoms with Gasteiger partial charge in [-0.15, -0.1) is 0 Å². The first-order valence-electron chi connectivity index (χ1n) is 6.35. The Labute approximate surface area is 92.4 Å². The summed E-state index contributed by atoms with van der Waals surface area (Å²) in [7, 11) is 0. The lowest BCUT2D eigenvalue weighted by molar-refractivity contribution is -0.149. The van der Waals surface area contributed by atoms with Gasteiger partial charge in [0.2, 0.25) is 0 Å². The Hall–Kier alpha value is -0.530. The van der Waals surface area contributed by atoms with Crippen LogP contribution < -0.4 is 0 Å². The summed E-state index contributed by atoms with van der Waals surface area (Å²) in [5.41, 5.74) is -0.127. The molecule has 0 saturated heterocycles. The van der Waals surface area contributed by atoms with Crippen LogP contribution in [0.25, 0.3) is 0 Å². The molecule has 2 saturated carbocycles. The fraction of sp³-hybridized carbons (Fsp3) is 0.923. The Bertz CT molecular complexity index is 243. The van der Waals surface area contributed by atoms with Crippen molar-refractivity contribution in [1.82, 2.24) is 0 Å². The van der Waals surface area contributed by atoms with Crippen molar-refractivity contribution in [2.75, 3.05) is 6.61 Å². The highest BCUT2D eigenvalue weighted by Gasteiger charge is 2.59. The molecule has 0 heterocycles. The van der Waals surface area contributed by atoms with Crippen LogP contribution in [-0.4, -0.2) is 12.6 Å². The fourth-order valence-corrected chi connectivity index (χ4v) is 3.15. The Morgan fingerprint density at radius 1 is 1.33 bits per heavy atom. The van der Waals surface area contributed by atoms with Crippen LogP contribution in [0.4, 0.5) is 0 Å². The van der Waals surface area contributed by atoms with Crippen molar-refractivity contribution in [1.29, 1.82) is 0 Å². The van der Waals surface area contributed by atoms with Gasteiger partial charge in [0.1, 0.15) is 0 Å². The van der Waals surface area contributed by atoms with Crippen LogP contribution in [0.3, 0.4) is 0 Å². The van der Waals surface area contributed by atoms with Crippen LogP contribution in [0.5, 0.6) is 0 Å². The average Bonchev–Trinajstić information content (AvgIpc) is 2.94. The number of esters is 1. The molecule has 15 heavy (non-hydrogen) atoms. The van der Waals surface area contributed by atoms with Crippen LogP contribution in [-0.2, 0) is 9.53 Å². The second-order valence-electron chi connectivity index (χ2n) is 5.35. The molecular formula is C13H22O2. The first-order valence-corrected chi connectivity index (χ1v) is 6.35. The zero-order valence-electron chi connectivity index (χ0n) is 9.92. The van der Waals surface area contributed by atoms with Gasteiger partial charge in [0.05, 0.1) is 12.0 Å². The van der Waals surface area contributed by atoms with Gasteiger partial charge in [-0.3, -0.25) is 4.79 Å². The minimum Gasteiger partial charge on any atom is -0.466 e. The Morgan fingerprint density at radius 2 is 2.00 bits per heavy atom. The van der Waals surface area contributed by atoms with Crippen LogP contribution in [0, 0.1) is 17.3 Å². The summed E-state index contributed by atoms with van der Waals surface area (Å²) in [4.78, 5) is 11.8. The molecule has 86 valence electrons. The maximum Gasteiger partial charge on any atom is 0.312 e. The van der Waals surface area contributed by atoms with Crippen molar-refractivity contribution in [3.8, 4) is 0 Å². The van der Waals surface area contributed by atoms with Crippen LogP contribution in [0.2, 0.25) is 0 Å². The Balaban J connectivity index is 1.89. The van der Waals surface area contributed by atoms with Crippen molar-refractivity contribution in [3.63, 3.8) is 0 Å². The van der Waals surface area contributed by atoms with E-state index in [1.807, 2.05) is 6.92 Å². The molecule has 0 aromatic heterocycles. The van der Waals surface area contributed by atoms with Gasteiger partial charge >= 0.3 is 5.97 Å². The number of rotatable bonds is 3. The van der Waals surface area contributed by atoms with Crippen LogP contribution in [0.1, 0.15) is 52.4 Å². The Kier molecular flexibility index (Phi) is 3.03. The molecule has 2 rings (SSSR count). The highest BCUT2D eigenvalue weighted by Crippen LogP contribution is 2.59. The van der Waals surface area contributed by atoms with Gasteiger partial charge in [0.15, 0.2) is 0 Å². The largest absolute Gasteiger partial charge is 0.466 e. The summed E-state index contributed by atoms with van der Waals surface area (Å²) in [5.74, 6) is 1.46. The summed E-state index contributed by atoms with van der Waals surface area (Å²) in [5, 5.41) is 0. The van der Waals surface area contributed by atoms with Crippen molar-refractivity contribution in [3.05, 3.63) is 0 Å². The zero-order chi connectivity index (χ0) is 10.9. The number of hydrogen-bond donors (Lipinski definition) is 0. The van der Waals surface area contributed by atoms with E-state index < -0.39 is 0 Å². The summed E-state index contributed by atoms with van der Waals surface area (Å²) in [6, 6.07) is 0. The summed E-state index contributed by atoms with van der Waals surface area (Å²) in [6.45, 7) is 4.50. The smallest absolute Gasteiger partial charge is 0.312 e. The minimum atomic E-state index is -0.127. The number of carbonyl (C=O) groups is 1. The highest BCUT2D eigenvalue weighted by molar-refractivity contribution is 5.80. The monoisotopic (exact) mass is 210 g/mol. The van der Waals surface area contributed by atoms with Gasteiger partial charge in [-0.25, -0.2) is 0 Å².